The van der Waals surface area contributed by atoms with Crippen LogP contribution in [0.3, 0.4) is 0 Å². The smallest absolute Gasteiger partial charge is 0.0575 e. The van der Waals surface area contributed by atoms with E-state index >= 15 is 0 Å². The van der Waals surface area contributed by atoms with E-state index in [0.717, 1.165) is 19.8 Å². The summed E-state index contributed by atoms with van der Waals surface area (Å²) in [7, 11) is 5.82. The van der Waals surface area contributed by atoms with Crippen molar-refractivity contribution in [2.75, 3.05) is 47.6 Å². The molecule has 0 saturated carbocycles. The van der Waals surface area contributed by atoms with Gasteiger partial charge in [-0.05, 0) is 66.0 Å². The molecule has 200 valence electrons. The van der Waals surface area contributed by atoms with E-state index in [2.05, 4.69) is 25.8 Å². The Morgan fingerprint density at radius 3 is 1.33 bits per heavy atom. The van der Waals surface area contributed by atoms with Crippen molar-refractivity contribution in [2.45, 2.75) is 142 Å². The Balaban J connectivity index is 3.93. The van der Waals surface area contributed by atoms with Crippen molar-refractivity contribution >= 4 is 0 Å². The van der Waals surface area contributed by atoms with Crippen molar-refractivity contribution in [3.8, 4) is 0 Å². The quantitative estimate of drug-likeness (QED) is 0.113. The normalized spacial score (nSPS) is 12.0. The van der Waals surface area contributed by atoms with Crippen LogP contribution in [0.5, 0.6) is 0 Å². The van der Waals surface area contributed by atoms with Gasteiger partial charge in [0, 0.05) is 40.1 Å². The third-order valence-electron chi connectivity index (χ3n) is 6.89. The summed E-state index contributed by atoms with van der Waals surface area (Å²) in [6, 6.07) is 0.638. The second-order valence-electron chi connectivity index (χ2n) is 10.3. The molecule has 0 heterocycles. The van der Waals surface area contributed by atoms with Crippen LogP contribution >= 0.6 is 0 Å². The van der Waals surface area contributed by atoms with Gasteiger partial charge in [-0.25, -0.2) is 0 Å². The predicted molar refractivity (Wildman–Crippen MR) is 144 cm³/mol. The molecule has 0 rings (SSSR count). The molecule has 0 aromatic carbocycles. The van der Waals surface area contributed by atoms with Crippen molar-refractivity contribution in [1.82, 2.24) is 4.90 Å². The van der Waals surface area contributed by atoms with Gasteiger partial charge in [-0.3, -0.25) is 0 Å². The molecule has 0 aromatic heterocycles. The van der Waals surface area contributed by atoms with E-state index in [4.69, 9.17) is 14.2 Å². The number of unbranched alkanes of at least 4 members (excludes halogenated alkanes) is 13. The zero-order valence-electron chi connectivity index (χ0n) is 23.4. The van der Waals surface area contributed by atoms with Gasteiger partial charge in [-0.2, -0.15) is 0 Å². The van der Waals surface area contributed by atoms with Gasteiger partial charge in [0.25, 0.3) is 0 Å². The minimum absolute atomic E-state index is 0.483. The van der Waals surface area contributed by atoms with Crippen LogP contribution in [0.1, 0.15) is 129 Å². The summed E-state index contributed by atoms with van der Waals surface area (Å²) >= 11 is 0. The molecule has 0 aliphatic carbocycles. The van der Waals surface area contributed by atoms with Gasteiger partial charge in [0.05, 0.1) is 6.10 Å². The molecule has 0 fully saturated rings. The van der Waals surface area contributed by atoms with E-state index in [9.17, 15) is 0 Å². The molecule has 0 aliphatic heterocycles. The number of hydrogen-bond donors (Lipinski definition) is 0. The molecular weight excluding hydrogens is 410 g/mol. The van der Waals surface area contributed by atoms with Crippen LogP contribution in [0.2, 0.25) is 0 Å². The molecule has 0 saturated heterocycles. The summed E-state index contributed by atoms with van der Waals surface area (Å²) in [6.45, 7) is 8.49. The van der Waals surface area contributed by atoms with Gasteiger partial charge in [0.2, 0.25) is 0 Å². The molecule has 0 radical (unpaired) electrons. The van der Waals surface area contributed by atoms with Crippen LogP contribution in [-0.2, 0) is 14.2 Å². The van der Waals surface area contributed by atoms with Crippen molar-refractivity contribution in [3.63, 3.8) is 0 Å². The van der Waals surface area contributed by atoms with Crippen LogP contribution in [0.25, 0.3) is 0 Å². The lowest BCUT2D eigenvalue weighted by atomic mass is 10.0. The molecule has 0 aliphatic rings. The second-order valence-corrected chi connectivity index (χ2v) is 10.3. The highest BCUT2D eigenvalue weighted by Gasteiger charge is 2.10. The van der Waals surface area contributed by atoms with Gasteiger partial charge < -0.3 is 19.1 Å². The summed E-state index contributed by atoms with van der Waals surface area (Å²) in [4.78, 5) is 2.43. The van der Waals surface area contributed by atoms with Gasteiger partial charge in [-0.1, -0.05) is 77.0 Å². The van der Waals surface area contributed by atoms with Gasteiger partial charge in [0.1, 0.15) is 0 Å². The van der Waals surface area contributed by atoms with Gasteiger partial charge >= 0.3 is 0 Å². The van der Waals surface area contributed by atoms with Crippen LogP contribution in [0.15, 0.2) is 0 Å². The maximum absolute atomic E-state index is 6.38. The van der Waals surface area contributed by atoms with Crippen molar-refractivity contribution in [2.24, 2.45) is 0 Å². The Bertz CT molecular complexity index is 343. The molecule has 33 heavy (non-hydrogen) atoms. The topological polar surface area (TPSA) is 30.9 Å². The molecule has 0 amide bonds. The van der Waals surface area contributed by atoms with E-state index in [0.29, 0.717) is 12.1 Å². The zero-order chi connectivity index (χ0) is 24.4. The molecule has 0 unspecified atom stereocenters. The van der Waals surface area contributed by atoms with Gasteiger partial charge in [-0.15, -0.1) is 0 Å². The summed E-state index contributed by atoms with van der Waals surface area (Å²) in [5.41, 5.74) is 0. The highest BCUT2D eigenvalue weighted by molar-refractivity contribution is 4.62. The first-order valence-corrected chi connectivity index (χ1v) is 14.4. The standard InChI is InChI=1S/C29H61NO3/c1-28(2)30(3)24-18-21-27-33-29(22-16-12-8-6-10-14-19-25-31-4)23-17-13-9-7-11-15-20-26-32-5/h28-29H,6-27H2,1-5H3. The Hall–Kier alpha value is -0.160. The number of ether oxygens (including phenoxy) is 3. The minimum Gasteiger partial charge on any atom is -0.385 e. The molecule has 0 bridgehead atoms. The van der Waals surface area contributed by atoms with Crippen molar-refractivity contribution in [1.29, 1.82) is 0 Å². The number of methoxy groups -OCH3 is 2. The summed E-state index contributed by atoms with van der Waals surface area (Å²) in [5, 5.41) is 0. The van der Waals surface area contributed by atoms with E-state index in [-0.39, 0.29) is 0 Å². The molecular formula is C29H61NO3. The lowest BCUT2D eigenvalue weighted by Gasteiger charge is -2.21. The average Bonchev–Trinajstić information content (AvgIpc) is 2.80. The minimum atomic E-state index is 0.483. The second kappa shape index (κ2) is 26.4. The third kappa shape index (κ3) is 24.8. The first-order chi connectivity index (χ1) is 16.1. The van der Waals surface area contributed by atoms with Crippen molar-refractivity contribution in [3.05, 3.63) is 0 Å². The number of nitrogens with zero attached hydrogens (tertiary/aromatic N) is 1. The molecule has 0 atom stereocenters. The number of rotatable bonds is 27. The summed E-state index contributed by atoms with van der Waals surface area (Å²) in [6.07, 6.45) is 24.1. The zero-order valence-corrected chi connectivity index (χ0v) is 23.4. The molecule has 0 N–H and O–H groups in total. The third-order valence-corrected chi connectivity index (χ3v) is 6.89. The first-order valence-electron chi connectivity index (χ1n) is 14.4. The van der Waals surface area contributed by atoms with Crippen molar-refractivity contribution < 1.29 is 14.2 Å². The maximum Gasteiger partial charge on any atom is 0.0575 e. The Labute approximate surface area is 208 Å². The highest BCUT2D eigenvalue weighted by atomic mass is 16.5. The van der Waals surface area contributed by atoms with Crippen LogP contribution < -0.4 is 0 Å². The lowest BCUT2D eigenvalue weighted by molar-refractivity contribution is 0.0348. The maximum atomic E-state index is 6.38. The van der Waals surface area contributed by atoms with Crippen LogP contribution in [0, 0.1) is 0 Å². The Morgan fingerprint density at radius 1 is 0.515 bits per heavy atom. The fraction of sp³-hybridized carbons (Fsp3) is 1.00. The largest absolute Gasteiger partial charge is 0.385 e. The van der Waals surface area contributed by atoms with E-state index in [1.54, 1.807) is 14.2 Å². The lowest BCUT2D eigenvalue weighted by Crippen LogP contribution is -2.27. The van der Waals surface area contributed by atoms with Crippen LogP contribution in [-0.4, -0.2) is 64.7 Å². The SMILES string of the molecule is COCCCCCCCCCC(CCCCCCCCCOC)OCCCCN(C)C(C)C. The molecule has 4 heteroatoms. The number of hydrogen-bond acceptors (Lipinski definition) is 4. The predicted octanol–water partition coefficient (Wildman–Crippen LogP) is 8.03. The van der Waals surface area contributed by atoms with Gasteiger partial charge in [0.15, 0.2) is 0 Å². The Kier molecular flexibility index (Phi) is 26.3. The van der Waals surface area contributed by atoms with E-state index in [1.807, 2.05) is 0 Å². The monoisotopic (exact) mass is 471 g/mol. The first kappa shape index (κ1) is 32.8. The average molecular weight is 472 g/mol. The van der Waals surface area contributed by atoms with E-state index < -0.39 is 0 Å². The van der Waals surface area contributed by atoms with Crippen LogP contribution in [0.4, 0.5) is 0 Å². The summed E-state index contributed by atoms with van der Waals surface area (Å²) in [5.74, 6) is 0. The van der Waals surface area contributed by atoms with E-state index in [1.165, 1.54) is 122 Å². The Morgan fingerprint density at radius 2 is 0.909 bits per heavy atom. The highest BCUT2D eigenvalue weighted by Crippen LogP contribution is 2.17. The fourth-order valence-electron chi connectivity index (χ4n) is 4.29. The molecule has 4 nitrogen and oxygen atoms in total. The fourth-order valence-corrected chi connectivity index (χ4v) is 4.29. The molecule has 0 aromatic rings. The molecule has 0 spiro atoms. The summed E-state index contributed by atoms with van der Waals surface area (Å²) < 4.78 is 16.7.